The zero-order chi connectivity index (χ0) is 19.2. The molecule has 1 aromatic carbocycles. The van der Waals surface area contributed by atoms with Gasteiger partial charge in [-0.05, 0) is 30.0 Å². The second-order valence-electron chi connectivity index (χ2n) is 6.38. The summed E-state index contributed by atoms with van der Waals surface area (Å²) in [6, 6.07) is 4.10. The number of hydrogen-bond donors (Lipinski definition) is 2. The third-order valence-corrected chi connectivity index (χ3v) is 4.56. The predicted molar refractivity (Wildman–Crippen MR) is 91.5 cm³/mol. The van der Waals surface area contributed by atoms with Gasteiger partial charge in [0.2, 0.25) is 11.8 Å². The Bertz CT molecular complexity index is 1110. The molecule has 0 saturated carbocycles. The number of amides is 1. The number of hydrogen-bond acceptors (Lipinski definition) is 4. The average molecular weight is 377 g/mol. The molecule has 1 fully saturated rings. The number of nitrogens with one attached hydrogen (secondary N) is 2. The maximum atomic E-state index is 13.3. The molecule has 1 atom stereocenters. The second kappa shape index (κ2) is 6.26. The van der Waals surface area contributed by atoms with Gasteiger partial charge < -0.3 is 15.0 Å². The quantitative estimate of drug-likeness (QED) is 0.688. The molecule has 0 aliphatic carbocycles. The second-order valence-corrected chi connectivity index (χ2v) is 6.38. The van der Waals surface area contributed by atoms with Crippen LogP contribution in [0.5, 0.6) is 5.88 Å². The number of ether oxygens (including phenoxy) is 1. The lowest BCUT2D eigenvalue weighted by molar-refractivity contribution is -0.136. The van der Waals surface area contributed by atoms with Gasteiger partial charge in [-0.3, -0.25) is 9.59 Å². The highest BCUT2D eigenvalue weighted by atomic mass is 19.4. The molecule has 0 bridgehead atoms. The van der Waals surface area contributed by atoms with Gasteiger partial charge in [0.15, 0.2) is 0 Å². The van der Waals surface area contributed by atoms with Crippen LogP contribution in [0.1, 0.15) is 18.4 Å². The molecule has 1 aliphatic heterocycles. The van der Waals surface area contributed by atoms with Crippen LogP contribution < -0.4 is 15.6 Å². The molecular formula is C18H14F3N3O3. The fourth-order valence-electron chi connectivity index (χ4n) is 3.23. The summed E-state index contributed by atoms with van der Waals surface area (Å²) in [5, 5.41) is 3.38. The van der Waals surface area contributed by atoms with Crippen molar-refractivity contribution in [2.45, 2.75) is 25.1 Å². The third-order valence-electron chi connectivity index (χ3n) is 4.56. The largest absolute Gasteiger partial charge is 0.475 e. The number of carbonyl (C=O) groups excluding carboxylic acids is 1. The Morgan fingerprint density at radius 3 is 2.70 bits per heavy atom. The van der Waals surface area contributed by atoms with Crippen molar-refractivity contribution in [1.82, 2.24) is 15.3 Å². The number of aromatic amines is 1. The van der Waals surface area contributed by atoms with Gasteiger partial charge in [-0.25, -0.2) is 4.98 Å². The van der Waals surface area contributed by atoms with Crippen LogP contribution in [0.3, 0.4) is 0 Å². The highest BCUT2D eigenvalue weighted by Crippen LogP contribution is 2.36. The van der Waals surface area contributed by atoms with Gasteiger partial charge >= 0.3 is 6.18 Å². The van der Waals surface area contributed by atoms with E-state index >= 15 is 0 Å². The minimum absolute atomic E-state index is 0.0578. The molecule has 140 valence electrons. The van der Waals surface area contributed by atoms with Crippen molar-refractivity contribution in [2.24, 2.45) is 0 Å². The lowest BCUT2D eigenvalue weighted by Crippen LogP contribution is -2.31. The maximum Gasteiger partial charge on any atom is 0.418 e. The number of rotatable bonds is 3. The summed E-state index contributed by atoms with van der Waals surface area (Å²) in [5.41, 5.74) is -1.54. The van der Waals surface area contributed by atoms with Crippen LogP contribution in [-0.4, -0.2) is 28.5 Å². The first-order chi connectivity index (χ1) is 12.8. The van der Waals surface area contributed by atoms with Crippen LogP contribution in [-0.2, 0) is 11.0 Å². The number of benzene rings is 1. The van der Waals surface area contributed by atoms with Crippen LogP contribution in [0.25, 0.3) is 21.5 Å². The number of alkyl halides is 3. The van der Waals surface area contributed by atoms with Gasteiger partial charge in [-0.1, -0.05) is 0 Å². The summed E-state index contributed by atoms with van der Waals surface area (Å²) in [6.45, 7) is 0.164. The molecule has 27 heavy (non-hydrogen) atoms. The van der Waals surface area contributed by atoms with E-state index in [2.05, 4.69) is 15.3 Å². The molecule has 2 N–H and O–H groups in total. The Kier molecular flexibility index (Phi) is 4.01. The standard InChI is InChI=1S/C18H14F3N3O3/c19-18(20,21)14-7-23-16(26)13-5-9-3-4-22-17(11(9)6-12(13)14)27-8-10-1-2-15(25)24-10/h3-7,10H,1-2,8H2,(H,23,26)(H,24,25). The minimum Gasteiger partial charge on any atom is -0.475 e. The van der Waals surface area contributed by atoms with Crippen molar-refractivity contribution in [3.8, 4) is 5.88 Å². The van der Waals surface area contributed by atoms with Crippen molar-refractivity contribution >= 4 is 27.5 Å². The van der Waals surface area contributed by atoms with Crippen LogP contribution in [0.4, 0.5) is 13.2 Å². The third kappa shape index (κ3) is 3.20. The van der Waals surface area contributed by atoms with E-state index in [1.54, 1.807) is 6.07 Å². The molecule has 9 heteroatoms. The lowest BCUT2D eigenvalue weighted by atomic mass is 10.0. The first-order valence-corrected chi connectivity index (χ1v) is 8.26. The number of H-pyrrole nitrogens is 1. The minimum atomic E-state index is -4.62. The van der Waals surface area contributed by atoms with Crippen molar-refractivity contribution in [3.05, 3.63) is 46.5 Å². The average Bonchev–Trinajstić information content (AvgIpc) is 3.03. The van der Waals surface area contributed by atoms with Gasteiger partial charge in [0, 0.05) is 35.0 Å². The van der Waals surface area contributed by atoms with E-state index in [0.717, 1.165) is 0 Å². The number of nitrogens with zero attached hydrogens (tertiary/aromatic N) is 1. The smallest absolute Gasteiger partial charge is 0.418 e. The van der Waals surface area contributed by atoms with E-state index in [-0.39, 0.29) is 35.2 Å². The summed E-state index contributed by atoms with van der Waals surface area (Å²) < 4.78 is 45.7. The van der Waals surface area contributed by atoms with Crippen molar-refractivity contribution in [3.63, 3.8) is 0 Å². The number of fused-ring (bicyclic) bond motifs is 2. The first-order valence-electron chi connectivity index (χ1n) is 8.26. The van der Waals surface area contributed by atoms with Crippen molar-refractivity contribution < 1.29 is 22.7 Å². The topological polar surface area (TPSA) is 84.1 Å². The predicted octanol–water partition coefficient (Wildman–Crippen LogP) is 2.75. The summed E-state index contributed by atoms with van der Waals surface area (Å²) in [4.78, 5) is 29.5. The Balaban J connectivity index is 1.81. The summed E-state index contributed by atoms with van der Waals surface area (Å²) in [7, 11) is 0. The van der Waals surface area contributed by atoms with Gasteiger partial charge in [0.25, 0.3) is 5.56 Å². The fraction of sp³-hybridized carbons (Fsp3) is 0.278. The highest BCUT2D eigenvalue weighted by Gasteiger charge is 2.33. The molecule has 3 aromatic rings. The Labute approximate surface area is 150 Å². The maximum absolute atomic E-state index is 13.3. The van der Waals surface area contributed by atoms with Gasteiger partial charge in [0.05, 0.1) is 11.6 Å². The van der Waals surface area contributed by atoms with Crippen LogP contribution in [0, 0.1) is 0 Å². The number of carbonyl (C=O) groups is 1. The summed E-state index contributed by atoms with van der Waals surface area (Å²) in [6.07, 6.45) is -1.45. The molecule has 1 amide bonds. The molecule has 1 aliphatic rings. The van der Waals surface area contributed by atoms with E-state index in [9.17, 15) is 22.8 Å². The zero-order valence-corrected chi connectivity index (χ0v) is 13.9. The SMILES string of the molecule is O=C1CCC(COc2nccc3cc4c(=O)[nH]cc(C(F)(F)F)c4cc23)N1. The number of pyridine rings is 2. The molecule has 0 radical (unpaired) electrons. The van der Waals surface area contributed by atoms with E-state index < -0.39 is 17.3 Å². The van der Waals surface area contributed by atoms with E-state index in [1.165, 1.54) is 18.3 Å². The lowest BCUT2D eigenvalue weighted by Gasteiger charge is -2.14. The fourth-order valence-corrected chi connectivity index (χ4v) is 3.23. The molecule has 0 spiro atoms. The Hall–Kier alpha value is -3.10. The molecule has 1 unspecified atom stereocenters. The molecule has 1 saturated heterocycles. The monoisotopic (exact) mass is 377 g/mol. The molecule has 2 aromatic heterocycles. The van der Waals surface area contributed by atoms with Crippen molar-refractivity contribution in [2.75, 3.05) is 6.61 Å². The zero-order valence-electron chi connectivity index (χ0n) is 13.9. The summed E-state index contributed by atoms with van der Waals surface area (Å²) in [5.74, 6) is 0.0958. The van der Waals surface area contributed by atoms with Crippen LogP contribution in [0.15, 0.2) is 35.4 Å². The summed E-state index contributed by atoms with van der Waals surface area (Å²) >= 11 is 0. The number of halogens is 3. The van der Waals surface area contributed by atoms with E-state index in [0.29, 0.717) is 29.8 Å². The number of aromatic nitrogens is 2. The van der Waals surface area contributed by atoms with Crippen LogP contribution >= 0.6 is 0 Å². The van der Waals surface area contributed by atoms with Crippen LogP contribution in [0.2, 0.25) is 0 Å². The van der Waals surface area contributed by atoms with Gasteiger partial charge in [-0.15, -0.1) is 0 Å². The molecule has 4 rings (SSSR count). The first kappa shape index (κ1) is 17.3. The Morgan fingerprint density at radius 1 is 1.19 bits per heavy atom. The Morgan fingerprint density at radius 2 is 2.00 bits per heavy atom. The normalized spacial score (nSPS) is 17.4. The van der Waals surface area contributed by atoms with E-state index in [4.69, 9.17) is 4.74 Å². The van der Waals surface area contributed by atoms with Gasteiger partial charge in [0.1, 0.15) is 6.61 Å². The molecule has 3 heterocycles. The van der Waals surface area contributed by atoms with Crippen molar-refractivity contribution in [1.29, 1.82) is 0 Å². The van der Waals surface area contributed by atoms with E-state index in [1.807, 2.05) is 0 Å². The molecular weight excluding hydrogens is 363 g/mol. The molecule has 6 nitrogen and oxygen atoms in total. The van der Waals surface area contributed by atoms with Gasteiger partial charge in [-0.2, -0.15) is 13.2 Å². The highest BCUT2D eigenvalue weighted by molar-refractivity contribution is 6.01.